The fraction of sp³-hybridized carbons (Fsp3) is 0.667. The molecule has 0 saturated heterocycles. The molecule has 0 radical (unpaired) electrons. The highest BCUT2D eigenvalue weighted by Gasteiger charge is 2.29. The Labute approximate surface area is 128 Å². The van der Waals surface area contributed by atoms with E-state index in [4.69, 9.17) is 0 Å². The molecule has 1 aromatic rings. The van der Waals surface area contributed by atoms with Crippen molar-refractivity contribution in [3.8, 4) is 0 Å². The van der Waals surface area contributed by atoms with Gasteiger partial charge in [-0.15, -0.1) is 0 Å². The number of rotatable bonds is 4. The molecule has 0 aliphatic heterocycles. The fourth-order valence-electron chi connectivity index (χ4n) is 3.21. The summed E-state index contributed by atoms with van der Waals surface area (Å²) in [7, 11) is 3.93. The van der Waals surface area contributed by atoms with Crippen molar-refractivity contribution in [2.24, 2.45) is 5.41 Å². The van der Waals surface area contributed by atoms with E-state index in [9.17, 15) is 4.39 Å². The Morgan fingerprint density at radius 2 is 1.90 bits per heavy atom. The molecule has 2 rings (SSSR count). The third-order valence-electron chi connectivity index (χ3n) is 5.14. The van der Waals surface area contributed by atoms with E-state index < -0.39 is 0 Å². The van der Waals surface area contributed by atoms with Crippen molar-refractivity contribution in [1.82, 2.24) is 5.32 Å². The first-order valence-electron chi connectivity index (χ1n) is 8.03. The number of benzene rings is 1. The van der Waals surface area contributed by atoms with Crippen LogP contribution in [0.3, 0.4) is 0 Å². The van der Waals surface area contributed by atoms with E-state index in [1.165, 1.54) is 12.8 Å². The molecule has 1 aromatic carbocycles. The van der Waals surface area contributed by atoms with Gasteiger partial charge in [-0.25, -0.2) is 4.39 Å². The van der Waals surface area contributed by atoms with E-state index in [-0.39, 0.29) is 11.9 Å². The van der Waals surface area contributed by atoms with E-state index in [1.807, 2.05) is 33.2 Å². The lowest BCUT2D eigenvalue weighted by Crippen LogP contribution is -2.37. The molecule has 118 valence electrons. The predicted octanol–water partition coefficient (Wildman–Crippen LogP) is 4.51. The zero-order valence-electron chi connectivity index (χ0n) is 14.0. The molecule has 0 aromatic heterocycles. The van der Waals surface area contributed by atoms with Crippen molar-refractivity contribution in [3.63, 3.8) is 0 Å². The van der Waals surface area contributed by atoms with Gasteiger partial charge < -0.3 is 10.2 Å². The zero-order chi connectivity index (χ0) is 15.6. The average Bonchev–Trinajstić information content (AvgIpc) is 2.45. The van der Waals surface area contributed by atoms with E-state index in [0.717, 1.165) is 24.1 Å². The molecule has 1 aliphatic rings. The van der Waals surface area contributed by atoms with E-state index in [2.05, 4.69) is 24.1 Å². The smallest absolute Gasteiger partial charge is 0.146 e. The largest absolute Gasteiger partial charge is 0.369 e. The predicted molar refractivity (Wildman–Crippen MR) is 88.3 cm³/mol. The molecule has 21 heavy (non-hydrogen) atoms. The molecule has 0 bridgehead atoms. The maximum Gasteiger partial charge on any atom is 0.146 e. The Kier molecular flexibility index (Phi) is 4.92. The first kappa shape index (κ1) is 16.3. The first-order valence-corrected chi connectivity index (χ1v) is 8.03. The summed E-state index contributed by atoms with van der Waals surface area (Å²) in [5.74, 6) is -0.109. The molecular weight excluding hydrogens is 263 g/mol. The molecule has 1 atom stereocenters. The van der Waals surface area contributed by atoms with E-state index in [0.29, 0.717) is 11.5 Å². The van der Waals surface area contributed by atoms with E-state index >= 15 is 0 Å². The van der Waals surface area contributed by atoms with Crippen LogP contribution in [0.5, 0.6) is 0 Å². The maximum atomic E-state index is 14.4. The van der Waals surface area contributed by atoms with Gasteiger partial charge in [0.05, 0.1) is 5.69 Å². The van der Waals surface area contributed by atoms with Crippen LogP contribution in [-0.4, -0.2) is 20.1 Å². The van der Waals surface area contributed by atoms with Gasteiger partial charge in [0.15, 0.2) is 0 Å². The van der Waals surface area contributed by atoms with Crippen molar-refractivity contribution < 1.29 is 4.39 Å². The Morgan fingerprint density at radius 3 is 2.43 bits per heavy atom. The first-order chi connectivity index (χ1) is 9.84. The van der Waals surface area contributed by atoms with Crippen LogP contribution in [0.1, 0.15) is 58.1 Å². The summed E-state index contributed by atoms with van der Waals surface area (Å²) in [4.78, 5) is 2.14. The molecule has 2 nitrogen and oxygen atoms in total. The van der Waals surface area contributed by atoms with Crippen LogP contribution in [0, 0.1) is 11.2 Å². The van der Waals surface area contributed by atoms with Gasteiger partial charge in [-0.05, 0) is 62.8 Å². The standard InChI is InChI=1S/C18H29FN2/c1-13(20-4)14-6-7-17(16(19)12-14)21(5)15-8-10-18(2,3)11-9-15/h6-7,12-13,15,20H,8-11H2,1-5H3. The summed E-state index contributed by atoms with van der Waals surface area (Å²) in [5.41, 5.74) is 2.17. The summed E-state index contributed by atoms with van der Waals surface area (Å²) in [6.45, 7) is 6.71. The van der Waals surface area contributed by atoms with Crippen molar-refractivity contribution >= 4 is 5.69 Å². The lowest BCUT2D eigenvalue weighted by molar-refractivity contribution is 0.222. The summed E-state index contributed by atoms with van der Waals surface area (Å²) < 4.78 is 14.4. The SMILES string of the molecule is CNC(C)c1ccc(N(C)C2CCC(C)(C)CC2)c(F)c1. The minimum atomic E-state index is -0.109. The van der Waals surface area contributed by atoms with Crippen LogP contribution in [0.2, 0.25) is 0 Å². The molecular formula is C18H29FN2. The Hall–Kier alpha value is -1.09. The number of nitrogens with one attached hydrogen (secondary N) is 1. The Balaban J connectivity index is 2.11. The summed E-state index contributed by atoms with van der Waals surface area (Å²) >= 11 is 0. The summed E-state index contributed by atoms with van der Waals surface area (Å²) in [6, 6.07) is 6.26. The number of hydrogen-bond donors (Lipinski definition) is 1. The van der Waals surface area contributed by atoms with Gasteiger partial charge >= 0.3 is 0 Å². The molecule has 0 amide bonds. The van der Waals surface area contributed by atoms with Crippen molar-refractivity contribution in [2.75, 3.05) is 19.0 Å². The van der Waals surface area contributed by atoms with Crippen molar-refractivity contribution in [1.29, 1.82) is 0 Å². The summed E-state index contributed by atoms with van der Waals surface area (Å²) in [6.07, 6.45) is 4.74. The van der Waals surface area contributed by atoms with Gasteiger partial charge in [0.1, 0.15) is 5.82 Å². The van der Waals surface area contributed by atoms with Gasteiger partial charge in [-0.2, -0.15) is 0 Å². The molecule has 0 spiro atoms. The highest BCUT2D eigenvalue weighted by Crippen LogP contribution is 2.38. The minimum Gasteiger partial charge on any atom is -0.369 e. The Bertz CT molecular complexity index is 474. The molecule has 3 heteroatoms. The third-order valence-corrected chi connectivity index (χ3v) is 5.14. The van der Waals surface area contributed by atoms with E-state index in [1.54, 1.807) is 6.07 Å². The molecule has 1 fully saturated rings. The topological polar surface area (TPSA) is 15.3 Å². The van der Waals surface area contributed by atoms with Gasteiger partial charge in [0, 0.05) is 19.1 Å². The molecule has 1 unspecified atom stereocenters. The number of halogens is 1. The lowest BCUT2D eigenvalue weighted by Gasteiger charge is -2.39. The molecule has 1 saturated carbocycles. The van der Waals surface area contributed by atoms with Crippen LogP contribution in [0.15, 0.2) is 18.2 Å². The Morgan fingerprint density at radius 1 is 1.29 bits per heavy atom. The van der Waals surface area contributed by atoms with Gasteiger partial charge in [-0.3, -0.25) is 0 Å². The maximum absolute atomic E-state index is 14.4. The van der Waals surface area contributed by atoms with Crippen LogP contribution >= 0.6 is 0 Å². The normalized spacial score (nSPS) is 20.3. The average molecular weight is 292 g/mol. The fourth-order valence-corrected chi connectivity index (χ4v) is 3.21. The van der Waals surface area contributed by atoms with Crippen LogP contribution in [-0.2, 0) is 0 Å². The molecule has 0 heterocycles. The monoisotopic (exact) mass is 292 g/mol. The highest BCUT2D eigenvalue weighted by atomic mass is 19.1. The minimum absolute atomic E-state index is 0.109. The van der Waals surface area contributed by atoms with Gasteiger partial charge in [0.25, 0.3) is 0 Å². The van der Waals surface area contributed by atoms with Crippen LogP contribution in [0.25, 0.3) is 0 Å². The molecule has 1 N–H and O–H groups in total. The van der Waals surface area contributed by atoms with Crippen molar-refractivity contribution in [3.05, 3.63) is 29.6 Å². The quantitative estimate of drug-likeness (QED) is 0.878. The van der Waals surface area contributed by atoms with Crippen LogP contribution < -0.4 is 10.2 Å². The number of hydrogen-bond acceptors (Lipinski definition) is 2. The lowest BCUT2D eigenvalue weighted by atomic mass is 9.75. The third kappa shape index (κ3) is 3.76. The zero-order valence-corrected chi connectivity index (χ0v) is 14.0. The van der Waals surface area contributed by atoms with Crippen LogP contribution in [0.4, 0.5) is 10.1 Å². The number of nitrogens with zero attached hydrogens (tertiary/aromatic N) is 1. The second-order valence-electron chi connectivity index (χ2n) is 7.23. The van der Waals surface area contributed by atoms with Crippen molar-refractivity contribution in [2.45, 2.75) is 58.5 Å². The highest BCUT2D eigenvalue weighted by molar-refractivity contribution is 5.50. The second kappa shape index (κ2) is 6.35. The van der Waals surface area contributed by atoms with Gasteiger partial charge in [0.2, 0.25) is 0 Å². The second-order valence-corrected chi connectivity index (χ2v) is 7.23. The number of anilines is 1. The summed E-state index contributed by atoms with van der Waals surface area (Å²) in [5, 5.41) is 3.15. The molecule has 1 aliphatic carbocycles. The van der Waals surface area contributed by atoms with Gasteiger partial charge in [-0.1, -0.05) is 19.9 Å².